The summed E-state index contributed by atoms with van der Waals surface area (Å²) in [5, 5.41) is 3.29. The molecular weight excluding hydrogens is 146 g/mol. The molecule has 2 heteroatoms. The van der Waals surface area contributed by atoms with Crippen LogP contribution < -0.4 is 5.32 Å². The van der Waals surface area contributed by atoms with E-state index in [-0.39, 0.29) is 12.4 Å². The van der Waals surface area contributed by atoms with E-state index in [4.69, 9.17) is 0 Å². The lowest BCUT2D eigenvalue weighted by molar-refractivity contribution is 0.281. The molecule has 0 spiro atoms. The molecule has 0 aromatic heterocycles. The van der Waals surface area contributed by atoms with Crippen molar-refractivity contribution < 1.29 is 0 Å². The van der Waals surface area contributed by atoms with Crippen molar-refractivity contribution in [3.05, 3.63) is 0 Å². The fourth-order valence-electron chi connectivity index (χ4n) is 1.25. The molecule has 0 bridgehead atoms. The SMILES string of the molecule is CCC(C)CC1CNC1.Cl. The normalized spacial score (nSPS) is 21.0. The molecule has 1 rings (SSSR count). The lowest BCUT2D eigenvalue weighted by atomic mass is 9.90. The molecule has 0 radical (unpaired) electrons. The summed E-state index contributed by atoms with van der Waals surface area (Å²) >= 11 is 0. The Hall–Kier alpha value is 0.250. The van der Waals surface area contributed by atoms with Gasteiger partial charge in [-0.25, -0.2) is 0 Å². The van der Waals surface area contributed by atoms with E-state index in [0.29, 0.717) is 0 Å². The first-order valence-electron chi connectivity index (χ1n) is 4.03. The number of rotatable bonds is 3. The Kier molecular flexibility index (Phi) is 5.10. The largest absolute Gasteiger partial charge is 0.316 e. The van der Waals surface area contributed by atoms with E-state index in [1.807, 2.05) is 0 Å². The maximum absolute atomic E-state index is 3.29. The predicted octanol–water partition coefficient (Wildman–Crippen LogP) is 2.06. The van der Waals surface area contributed by atoms with Gasteiger partial charge in [-0.05, 0) is 31.3 Å². The lowest BCUT2D eigenvalue weighted by Crippen LogP contribution is -2.42. The van der Waals surface area contributed by atoms with Crippen LogP contribution in [-0.4, -0.2) is 13.1 Å². The van der Waals surface area contributed by atoms with Gasteiger partial charge in [0.1, 0.15) is 0 Å². The van der Waals surface area contributed by atoms with E-state index in [9.17, 15) is 0 Å². The first-order chi connectivity index (χ1) is 4.33. The predicted molar refractivity (Wildman–Crippen MR) is 47.7 cm³/mol. The zero-order valence-electron chi connectivity index (χ0n) is 6.89. The summed E-state index contributed by atoms with van der Waals surface area (Å²) in [6, 6.07) is 0. The minimum absolute atomic E-state index is 0. The number of halogens is 1. The van der Waals surface area contributed by atoms with E-state index in [0.717, 1.165) is 11.8 Å². The molecule has 1 saturated heterocycles. The lowest BCUT2D eigenvalue weighted by Gasteiger charge is -2.29. The fraction of sp³-hybridized carbons (Fsp3) is 1.00. The topological polar surface area (TPSA) is 12.0 Å². The molecule has 1 aliphatic rings. The van der Waals surface area contributed by atoms with Gasteiger partial charge in [0.05, 0.1) is 0 Å². The van der Waals surface area contributed by atoms with Crippen molar-refractivity contribution in [2.24, 2.45) is 11.8 Å². The Balaban J connectivity index is 0.000000810. The Morgan fingerprint density at radius 2 is 2.10 bits per heavy atom. The van der Waals surface area contributed by atoms with Crippen LogP contribution in [0.1, 0.15) is 26.7 Å². The van der Waals surface area contributed by atoms with Crippen LogP contribution in [0.15, 0.2) is 0 Å². The fourth-order valence-corrected chi connectivity index (χ4v) is 1.25. The Bertz CT molecular complexity index is 78.6. The van der Waals surface area contributed by atoms with Crippen molar-refractivity contribution in [1.82, 2.24) is 5.32 Å². The third-order valence-corrected chi connectivity index (χ3v) is 2.30. The molecule has 62 valence electrons. The Morgan fingerprint density at radius 3 is 2.40 bits per heavy atom. The van der Waals surface area contributed by atoms with Crippen LogP contribution in [0.25, 0.3) is 0 Å². The molecule has 1 fully saturated rings. The highest BCUT2D eigenvalue weighted by Crippen LogP contribution is 2.17. The number of nitrogens with one attached hydrogen (secondary N) is 1. The molecule has 10 heavy (non-hydrogen) atoms. The third kappa shape index (κ3) is 2.89. The summed E-state index contributed by atoms with van der Waals surface area (Å²) in [5.41, 5.74) is 0. The van der Waals surface area contributed by atoms with Gasteiger partial charge in [0.2, 0.25) is 0 Å². The van der Waals surface area contributed by atoms with Crippen molar-refractivity contribution in [3.8, 4) is 0 Å². The molecule has 1 aliphatic heterocycles. The van der Waals surface area contributed by atoms with Crippen molar-refractivity contribution >= 4 is 12.4 Å². The molecule has 1 heterocycles. The second-order valence-corrected chi connectivity index (χ2v) is 3.27. The quantitative estimate of drug-likeness (QED) is 0.672. The van der Waals surface area contributed by atoms with E-state index in [1.54, 1.807) is 0 Å². The Labute approximate surface area is 70.0 Å². The summed E-state index contributed by atoms with van der Waals surface area (Å²) in [7, 11) is 0. The highest BCUT2D eigenvalue weighted by molar-refractivity contribution is 5.85. The highest BCUT2D eigenvalue weighted by atomic mass is 35.5. The molecule has 0 amide bonds. The van der Waals surface area contributed by atoms with Gasteiger partial charge in [-0.3, -0.25) is 0 Å². The molecular formula is C8H18ClN. The molecule has 1 N–H and O–H groups in total. The summed E-state index contributed by atoms with van der Waals surface area (Å²) in [6.07, 6.45) is 2.78. The van der Waals surface area contributed by atoms with E-state index in [2.05, 4.69) is 19.2 Å². The number of hydrogen-bond donors (Lipinski definition) is 1. The van der Waals surface area contributed by atoms with Gasteiger partial charge in [-0.15, -0.1) is 12.4 Å². The summed E-state index contributed by atoms with van der Waals surface area (Å²) < 4.78 is 0. The van der Waals surface area contributed by atoms with Crippen LogP contribution in [0, 0.1) is 11.8 Å². The van der Waals surface area contributed by atoms with Crippen molar-refractivity contribution in [1.29, 1.82) is 0 Å². The van der Waals surface area contributed by atoms with Gasteiger partial charge in [-0.1, -0.05) is 20.3 Å². The van der Waals surface area contributed by atoms with Crippen LogP contribution in [0.3, 0.4) is 0 Å². The summed E-state index contributed by atoms with van der Waals surface area (Å²) in [5.74, 6) is 1.94. The molecule has 1 nitrogen and oxygen atoms in total. The molecule has 0 aromatic rings. The smallest absolute Gasteiger partial charge is 0.000815 e. The van der Waals surface area contributed by atoms with Gasteiger partial charge in [0.15, 0.2) is 0 Å². The monoisotopic (exact) mass is 163 g/mol. The first-order valence-corrected chi connectivity index (χ1v) is 4.03. The molecule has 0 aromatic carbocycles. The molecule has 1 unspecified atom stereocenters. The average Bonchev–Trinajstić information content (AvgIpc) is 1.78. The van der Waals surface area contributed by atoms with Crippen molar-refractivity contribution in [2.45, 2.75) is 26.7 Å². The molecule has 0 aliphatic carbocycles. The average molecular weight is 164 g/mol. The van der Waals surface area contributed by atoms with Crippen LogP contribution in [0.5, 0.6) is 0 Å². The minimum Gasteiger partial charge on any atom is -0.316 e. The minimum atomic E-state index is 0. The van der Waals surface area contributed by atoms with Crippen LogP contribution >= 0.6 is 12.4 Å². The number of hydrogen-bond acceptors (Lipinski definition) is 1. The van der Waals surface area contributed by atoms with Crippen LogP contribution in [0.4, 0.5) is 0 Å². The van der Waals surface area contributed by atoms with Gasteiger partial charge < -0.3 is 5.32 Å². The molecule has 1 atom stereocenters. The second-order valence-electron chi connectivity index (χ2n) is 3.27. The standard InChI is InChI=1S/C8H17N.ClH/c1-3-7(2)4-8-5-9-6-8;/h7-9H,3-6H2,1-2H3;1H. The maximum atomic E-state index is 3.29. The maximum Gasteiger partial charge on any atom is -0.000815 e. The van der Waals surface area contributed by atoms with Crippen molar-refractivity contribution in [3.63, 3.8) is 0 Å². The summed E-state index contributed by atoms with van der Waals surface area (Å²) in [6.45, 7) is 7.16. The zero-order chi connectivity index (χ0) is 6.69. The van der Waals surface area contributed by atoms with Gasteiger partial charge in [0, 0.05) is 0 Å². The van der Waals surface area contributed by atoms with Gasteiger partial charge in [0.25, 0.3) is 0 Å². The second kappa shape index (κ2) is 4.97. The van der Waals surface area contributed by atoms with Gasteiger partial charge in [-0.2, -0.15) is 0 Å². The molecule has 0 saturated carbocycles. The van der Waals surface area contributed by atoms with E-state index < -0.39 is 0 Å². The third-order valence-electron chi connectivity index (χ3n) is 2.30. The van der Waals surface area contributed by atoms with E-state index >= 15 is 0 Å². The van der Waals surface area contributed by atoms with Crippen LogP contribution in [0.2, 0.25) is 0 Å². The van der Waals surface area contributed by atoms with E-state index in [1.165, 1.54) is 25.9 Å². The highest BCUT2D eigenvalue weighted by Gasteiger charge is 2.17. The van der Waals surface area contributed by atoms with Gasteiger partial charge >= 0.3 is 0 Å². The van der Waals surface area contributed by atoms with Crippen LogP contribution in [-0.2, 0) is 0 Å². The van der Waals surface area contributed by atoms with Crippen molar-refractivity contribution in [2.75, 3.05) is 13.1 Å². The first kappa shape index (κ1) is 10.2. The zero-order valence-corrected chi connectivity index (χ0v) is 7.71. The Morgan fingerprint density at radius 1 is 1.50 bits per heavy atom. The summed E-state index contributed by atoms with van der Waals surface area (Å²) in [4.78, 5) is 0.